The van der Waals surface area contributed by atoms with Crippen molar-refractivity contribution in [3.05, 3.63) is 29.3 Å². The molecule has 1 N–H and O–H groups in total. The van der Waals surface area contributed by atoms with Gasteiger partial charge in [-0.05, 0) is 23.8 Å². The van der Waals surface area contributed by atoms with Crippen LogP contribution in [0, 0.1) is 0 Å². The Bertz CT molecular complexity index is 431. The molecule has 0 bridgehead atoms. The average Bonchev–Trinajstić information content (AvgIpc) is 2.50. The SMILES string of the molecule is CC(C)NC1CCCOc2c1cccc2C(C)(C)C. The first-order chi connectivity index (χ1) is 8.89. The molecule has 0 amide bonds. The molecule has 0 saturated carbocycles. The van der Waals surface area contributed by atoms with Crippen molar-refractivity contribution in [1.29, 1.82) is 0 Å². The predicted octanol–water partition coefficient (Wildman–Crippen LogP) is 4.20. The third-order valence-corrected chi connectivity index (χ3v) is 3.65. The molecule has 0 saturated heterocycles. The molecular weight excluding hydrogens is 234 g/mol. The largest absolute Gasteiger partial charge is 0.493 e. The van der Waals surface area contributed by atoms with E-state index in [0.29, 0.717) is 12.1 Å². The highest BCUT2D eigenvalue weighted by atomic mass is 16.5. The van der Waals surface area contributed by atoms with Crippen LogP contribution < -0.4 is 10.1 Å². The molecular formula is C17H27NO. The third kappa shape index (κ3) is 3.30. The van der Waals surface area contributed by atoms with Crippen molar-refractivity contribution in [3.8, 4) is 5.75 Å². The van der Waals surface area contributed by atoms with Gasteiger partial charge in [-0.1, -0.05) is 52.8 Å². The van der Waals surface area contributed by atoms with Gasteiger partial charge in [-0.15, -0.1) is 0 Å². The molecule has 1 aliphatic heterocycles. The minimum Gasteiger partial charge on any atom is -0.493 e. The molecule has 1 aromatic rings. The molecule has 2 nitrogen and oxygen atoms in total. The Morgan fingerprint density at radius 2 is 2.00 bits per heavy atom. The zero-order valence-corrected chi connectivity index (χ0v) is 12.9. The van der Waals surface area contributed by atoms with E-state index in [9.17, 15) is 0 Å². The molecule has 106 valence electrons. The van der Waals surface area contributed by atoms with E-state index in [1.165, 1.54) is 11.1 Å². The lowest BCUT2D eigenvalue weighted by Gasteiger charge is -2.26. The third-order valence-electron chi connectivity index (χ3n) is 3.65. The van der Waals surface area contributed by atoms with Crippen LogP contribution in [0.5, 0.6) is 5.75 Å². The number of benzene rings is 1. The molecule has 0 radical (unpaired) electrons. The Morgan fingerprint density at radius 1 is 1.26 bits per heavy atom. The second-order valence-corrected chi connectivity index (χ2v) is 6.84. The van der Waals surface area contributed by atoms with E-state index in [2.05, 4.69) is 58.1 Å². The molecule has 0 aromatic heterocycles. The fraction of sp³-hybridized carbons (Fsp3) is 0.647. The standard InChI is InChI=1S/C17H27NO/c1-12(2)18-15-10-7-11-19-16-13(15)8-6-9-14(16)17(3,4)5/h6,8-9,12,15,18H,7,10-11H2,1-5H3. The van der Waals surface area contributed by atoms with E-state index in [4.69, 9.17) is 4.74 Å². The van der Waals surface area contributed by atoms with Gasteiger partial charge in [0.05, 0.1) is 6.61 Å². The van der Waals surface area contributed by atoms with E-state index >= 15 is 0 Å². The van der Waals surface area contributed by atoms with Gasteiger partial charge < -0.3 is 10.1 Å². The molecule has 2 heteroatoms. The smallest absolute Gasteiger partial charge is 0.127 e. The van der Waals surface area contributed by atoms with Crippen LogP contribution in [0.2, 0.25) is 0 Å². The van der Waals surface area contributed by atoms with Crippen LogP contribution in [0.15, 0.2) is 18.2 Å². The minimum absolute atomic E-state index is 0.123. The highest BCUT2D eigenvalue weighted by Crippen LogP contribution is 2.39. The van der Waals surface area contributed by atoms with E-state index in [1.54, 1.807) is 0 Å². The first kappa shape index (κ1) is 14.4. The molecule has 0 spiro atoms. The molecule has 1 unspecified atom stereocenters. The van der Waals surface area contributed by atoms with Gasteiger partial charge in [0.2, 0.25) is 0 Å². The molecule has 1 aliphatic rings. The summed E-state index contributed by atoms with van der Waals surface area (Å²) in [6.07, 6.45) is 2.27. The Balaban J connectivity index is 2.44. The van der Waals surface area contributed by atoms with Crippen molar-refractivity contribution in [2.45, 2.75) is 65.0 Å². The maximum Gasteiger partial charge on any atom is 0.127 e. The van der Waals surface area contributed by atoms with Gasteiger partial charge in [0.15, 0.2) is 0 Å². The van der Waals surface area contributed by atoms with Crippen LogP contribution in [0.4, 0.5) is 0 Å². The van der Waals surface area contributed by atoms with Crippen molar-refractivity contribution in [2.75, 3.05) is 6.61 Å². The highest BCUT2D eigenvalue weighted by molar-refractivity contribution is 5.47. The van der Waals surface area contributed by atoms with E-state index < -0.39 is 0 Å². The quantitative estimate of drug-likeness (QED) is 0.861. The first-order valence-corrected chi connectivity index (χ1v) is 7.42. The lowest BCUT2D eigenvalue weighted by molar-refractivity contribution is 0.307. The highest BCUT2D eigenvalue weighted by Gasteiger charge is 2.26. The number of hydrogen-bond donors (Lipinski definition) is 1. The molecule has 1 aromatic carbocycles. The summed E-state index contributed by atoms with van der Waals surface area (Å²) in [5, 5.41) is 3.68. The van der Waals surface area contributed by atoms with Gasteiger partial charge in [-0.2, -0.15) is 0 Å². The number of fused-ring (bicyclic) bond motifs is 1. The Labute approximate surface area is 117 Å². The fourth-order valence-corrected chi connectivity index (χ4v) is 2.77. The zero-order valence-electron chi connectivity index (χ0n) is 12.9. The topological polar surface area (TPSA) is 21.3 Å². The van der Waals surface area contributed by atoms with E-state index in [1.807, 2.05) is 0 Å². The maximum atomic E-state index is 6.08. The zero-order chi connectivity index (χ0) is 14.0. The molecule has 19 heavy (non-hydrogen) atoms. The normalized spacial score (nSPS) is 19.8. The van der Waals surface area contributed by atoms with Gasteiger partial charge in [-0.3, -0.25) is 0 Å². The summed E-state index contributed by atoms with van der Waals surface area (Å²) < 4.78 is 6.08. The number of nitrogens with one attached hydrogen (secondary N) is 1. The monoisotopic (exact) mass is 261 g/mol. The maximum absolute atomic E-state index is 6.08. The van der Waals surface area contributed by atoms with E-state index in [-0.39, 0.29) is 5.41 Å². The van der Waals surface area contributed by atoms with Crippen LogP contribution >= 0.6 is 0 Å². The van der Waals surface area contributed by atoms with Crippen molar-refractivity contribution in [2.24, 2.45) is 0 Å². The van der Waals surface area contributed by atoms with Crippen molar-refractivity contribution >= 4 is 0 Å². The number of ether oxygens (including phenoxy) is 1. The van der Waals surface area contributed by atoms with Crippen LogP contribution in [-0.2, 0) is 5.41 Å². The predicted molar refractivity (Wildman–Crippen MR) is 80.9 cm³/mol. The Morgan fingerprint density at radius 3 is 2.63 bits per heavy atom. The lowest BCUT2D eigenvalue weighted by atomic mass is 9.84. The first-order valence-electron chi connectivity index (χ1n) is 7.42. The van der Waals surface area contributed by atoms with Gasteiger partial charge in [0, 0.05) is 17.6 Å². The van der Waals surface area contributed by atoms with E-state index in [0.717, 1.165) is 25.2 Å². The van der Waals surface area contributed by atoms with Gasteiger partial charge in [0.25, 0.3) is 0 Å². The summed E-state index contributed by atoms with van der Waals surface area (Å²) in [6, 6.07) is 7.50. The summed E-state index contributed by atoms with van der Waals surface area (Å²) in [5.41, 5.74) is 2.78. The number of hydrogen-bond acceptors (Lipinski definition) is 2. The van der Waals surface area contributed by atoms with Gasteiger partial charge >= 0.3 is 0 Å². The molecule has 2 rings (SSSR count). The minimum atomic E-state index is 0.123. The van der Waals surface area contributed by atoms with Crippen LogP contribution in [0.3, 0.4) is 0 Å². The van der Waals surface area contributed by atoms with Crippen molar-refractivity contribution < 1.29 is 4.74 Å². The summed E-state index contributed by atoms with van der Waals surface area (Å²) in [4.78, 5) is 0. The molecule has 0 aliphatic carbocycles. The summed E-state index contributed by atoms with van der Waals surface area (Å²) in [7, 11) is 0. The van der Waals surface area contributed by atoms with Crippen LogP contribution in [0.25, 0.3) is 0 Å². The molecule has 1 heterocycles. The van der Waals surface area contributed by atoms with Crippen LogP contribution in [-0.4, -0.2) is 12.6 Å². The molecule has 1 atom stereocenters. The number of rotatable bonds is 2. The number of para-hydroxylation sites is 1. The second kappa shape index (κ2) is 5.54. The molecule has 0 fully saturated rings. The Hall–Kier alpha value is -1.02. The average molecular weight is 261 g/mol. The van der Waals surface area contributed by atoms with Crippen LogP contribution in [0.1, 0.15) is 64.6 Å². The van der Waals surface area contributed by atoms with Gasteiger partial charge in [-0.25, -0.2) is 0 Å². The van der Waals surface area contributed by atoms with Crippen molar-refractivity contribution in [3.63, 3.8) is 0 Å². The lowest BCUT2D eigenvalue weighted by Crippen LogP contribution is -2.28. The Kier molecular flexibility index (Phi) is 4.19. The van der Waals surface area contributed by atoms with Gasteiger partial charge in [0.1, 0.15) is 5.75 Å². The summed E-state index contributed by atoms with van der Waals surface area (Å²) in [6.45, 7) is 12.0. The fourth-order valence-electron chi connectivity index (χ4n) is 2.77. The summed E-state index contributed by atoms with van der Waals surface area (Å²) >= 11 is 0. The van der Waals surface area contributed by atoms with Crippen molar-refractivity contribution in [1.82, 2.24) is 5.32 Å². The second-order valence-electron chi connectivity index (χ2n) is 6.84. The summed E-state index contributed by atoms with van der Waals surface area (Å²) in [5.74, 6) is 1.12.